The fraction of sp³-hybridized carbons (Fsp3) is 0.353. The smallest absolute Gasteiger partial charge is 0.265 e. The van der Waals surface area contributed by atoms with E-state index in [1.165, 1.54) is 16.9 Å². The first-order valence-corrected chi connectivity index (χ1v) is 8.32. The Morgan fingerprint density at radius 2 is 2.23 bits per heavy atom. The maximum Gasteiger partial charge on any atom is 0.265 e. The number of thiophene rings is 1. The average molecular weight is 317 g/mol. The minimum absolute atomic E-state index is 0.0903. The first-order valence-electron chi connectivity index (χ1n) is 7.50. The molecule has 1 aromatic carbocycles. The predicted octanol–water partition coefficient (Wildman–Crippen LogP) is 3.38. The molecular weight excluding hydrogens is 298 g/mol. The Kier molecular flexibility index (Phi) is 4.45. The highest BCUT2D eigenvalue weighted by Crippen LogP contribution is 2.31. The lowest BCUT2D eigenvalue weighted by molar-refractivity contribution is 0.103. The van der Waals surface area contributed by atoms with Crippen molar-refractivity contribution < 1.29 is 14.6 Å². The second kappa shape index (κ2) is 6.50. The van der Waals surface area contributed by atoms with Crippen molar-refractivity contribution in [1.29, 1.82) is 0 Å². The highest BCUT2D eigenvalue weighted by molar-refractivity contribution is 7.14. The molecule has 0 fully saturated rings. The van der Waals surface area contributed by atoms with Crippen molar-refractivity contribution >= 4 is 22.9 Å². The lowest BCUT2D eigenvalue weighted by atomic mass is 10.2. The molecule has 22 heavy (non-hydrogen) atoms. The summed E-state index contributed by atoms with van der Waals surface area (Å²) in [4.78, 5) is 14.4. The van der Waals surface area contributed by atoms with Crippen LogP contribution < -0.4 is 10.1 Å². The van der Waals surface area contributed by atoms with Gasteiger partial charge >= 0.3 is 0 Å². The Bertz CT molecular complexity index is 672. The molecule has 0 bridgehead atoms. The lowest BCUT2D eigenvalue weighted by Gasteiger charge is -2.11. The first kappa shape index (κ1) is 15.1. The SMILES string of the molecule is CCOc1ccc(NC(=O)c2cc3c(s2)CCC3)cc1CO. The zero-order valence-electron chi connectivity index (χ0n) is 12.5. The molecule has 0 spiro atoms. The van der Waals surface area contributed by atoms with Gasteiger partial charge in [0.25, 0.3) is 5.91 Å². The van der Waals surface area contributed by atoms with Crippen LogP contribution in [0.1, 0.15) is 39.0 Å². The topological polar surface area (TPSA) is 58.6 Å². The molecule has 0 atom stereocenters. The predicted molar refractivity (Wildman–Crippen MR) is 87.8 cm³/mol. The molecule has 1 amide bonds. The van der Waals surface area contributed by atoms with Crippen LogP contribution in [0.5, 0.6) is 5.75 Å². The Labute approximate surface area is 133 Å². The number of rotatable bonds is 5. The van der Waals surface area contributed by atoms with E-state index in [1.54, 1.807) is 29.5 Å². The van der Waals surface area contributed by atoms with E-state index in [0.717, 1.165) is 17.7 Å². The van der Waals surface area contributed by atoms with Crippen molar-refractivity contribution in [3.8, 4) is 5.75 Å². The van der Waals surface area contributed by atoms with Gasteiger partial charge in [-0.15, -0.1) is 11.3 Å². The van der Waals surface area contributed by atoms with Crippen LogP contribution in [-0.2, 0) is 19.4 Å². The number of hydrogen-bond acceptors (Lipinski definition) is 4. The number of aryl methyl sites for hydroxylation is 2. The molecule has 4 nitrogen and oxygen atoms in total. The summed E-state index contributed by atoms with van der Waals surface area (Å²) >= 11 is 1.58. The number of fused-ring (bicyclic) bond motifs is 1. The third kappa shape index (κ3) is 3.00. The number of aliphatic hydroxyl groups excluding tert-OH is 1. The van der Waals surface area contributed by atoms with Gasteiger partial charge in [-0.2, -0.15) is 0 Å². The van der Waals surface area contributed by atoms with E-state index in [0.29, 0.717) is 23.6 Å². The van der Waals surface area contributed by atoms with Gasteiger partial charge in [-0.3, -0.25) is 4.79 Å². The number of ether oxygens (including phenoxy) is 1. The first-order chi connectivity index (χ1) is 10.7. The second-order valence-electron chi connectivity index (χ2n) is 5.28. The van der Waals surface area contributed by atoms with E-state index in [4.69, 9.17) is 4.74 Å². The van der Waals surface area contributed by atoms with E-state index < -0.39 is 0 Å². The number of hydrogen-bond donors (Lipinski definition) is 2. The molecular formula is C17H19NO3S. The van der Waals surface area contributed by atoms with Crippen molar-refractivity contribution in [2.75, 3.05) is 11.9 Å². The second-order valence-corrected chi connectivity index (χ2v) is 6.42. The highest BCUT2D eigenvalue weighted by atomic mass is 32.1. The van der Waals surface area contributed by atoms with Crippen LogP contribution in [0, 0.1) is 0 Å². The fourth-order valence-electron chi connectivity index (χ4n) is 2.71. The number of amides is 1. The van der Waals surface area contributed by atoms with E-state index in [-0.39, 0.29) is 12.5 Å². The molecule has 1 aliphatic rings. The van der Waals surface area contributed by atoms with Crippen LogP contribution in [0.3, 0.4) is 0 Å². The Balaban J connectivity index is 1.75. The molecule has 1 aromatic heterocycles. The van der Waals surface area contributed by atoms with Crippen molar-refractivity contribution in [2.45, 2.75) is 32.8 Å². The van der Waals surface area contributed by atoms with Crippen LogP contribution >= 0.6 is 11.3 Å². The van der Waals surface area contributed by atoms with Crippen LogP contribution in [0.4, 0.5) is 5.69 Å². The highest BCUT2D eigenvalue weighted by Gasteiger charge is 2.18. The summed E-state index contributed by atoms with van der Waals surface area (Å²) in [5.41, 5.74) is 2.66. The van der Waals surface area contributed by atoms with Crippen molar-refractivity contribution in [1.82, 2.24) is 0 Å². The molecule has 3 rings (SSSR count). The average Bonchev–Trinajstić information content (AvgIpc) is 3.10. The van der Waals surface area contributed by atoms with E-state index >= 15 is 0 Å². The van der Waals surface area contributed by atoms with Gasteiger partial charge in [-0.1, -0.05) is 0 Å². The summed E-state index contributed by atoms with van der Waals surface area (Å²) in [6, 6.07) is 7.33. The monoisotopic (exact) mass is 317 g/mol. The Morgan fingerprint density at radius 3 is 2.95 bits per heavy atom. The minimum atomic E-state index is -0.119. The number of anilines is 1. The molecule has 0 aliphatic heterocycles. The largest absolute Gasteiger partial charge is 0.494 e. The summed E-state index contributed by atoms with van der Waals surface area (Å²) in [5.74, 6) is 0.561. The van der Waals surface area contributed by atoms with Crippen molar-refractivity contribution in [3.05, 3.63) is 45.1 Å². The number of carbonyl (C=O) groups is 1. The third-order valence-corrected chi connectivity index (χ3v) is 4.99. The zero-order valence-corrected chi connectivity index (χ0v) is 13.3. The maximum absolute atomic E-state index is 12.3. The van der Waals surface area contributed by atoms with Gasteiger partial charge in [-0.05, 0) is 56.0 Å². The molecule has 0 radical (unpaired) electrons. The van der Waals surface area contributed by atoms with Crippen molar-refractivity contribution in [2.24, 2.45) is 0 Å². The molecule has 2 aromatic rings. The summed E-state index contributed by atoms with van der Waals surface area (Å²) in [6.45, 7) is 2.32. The summed E-state index contributed by atoms with van der Waals surface area (Å²) in [7, 11) is 0. The van der Waals surface area contributed by atoms with Gasteiger partial charge in [0.05, 0.1) is 18.1 Å². The maximum atomic E-state index is 12.3. The molecule has 0 saturated carbocycles. The number of nitrogens with one attached hydrogen (secondary N) is 1. The van der Waals surface area contributed by atoms with Crippen LogP contribution in [-0.4, -0.2) is 17.6 Å². The number of aliphatic hydroxyl groups is 1. The molecule has 1 aliphatic carbocycles. The Hall–Kier alpha value is -1.85. The third-order valence-electron chi connectivity index (χ3n) is 3.76. The minimum Gasteiger partial charge on any atom is -0.494 e. The normalized spacial score (nSPS) is 13.0. The summed E-state index contributed by atoms with van der Waals surface area (Å²) < 4.78 is 5.44. The van der Waals surface area contributed by atoms with Gasteiger partial charge in [0.15, 0.2) is 0 Å². The van der Waals surface area contributed by atoms with Gasteiger partial charge in [0.1, 0.15) is 5.75 Å². The van der Waals surface area contributed by atoms with Gasteiger partial charge < -0.3 is 15.2 Å². The zero-order chi connectivity index (χ0) is 15.5. The molecule has 0 saturated heterocycles. The summed E-state index contributed by atoms with van der Waals surface area (Å²) in [6.07, 6.45) is 3.36. The quantitative estimate of drug-likeness (QED) is 0.889. The van der Waals surface area contributed by atoms with Gasteiger partial charge in [0.2, 0.25) is 0 Å². The number of benzene rings is 1. The van der Waals surface area contributed by atoms with E-state index in [2.05, 4.69) is 5.32 Å². The van der Waals surface area contributed by atoms with E-state index in [9.17, 15) is 9.90 Å². The lowest BCUT2D eigenvalue weighted by Crippen LogP contribution is -2.10. The molecule has 1 heterocycles. The molecule has 2 N–H and O–H groups in total. The molecule has 5 heteroatoms. The van der Waals surface area contributed by atoms with Crippen LogP contribution in [0.2, 0.25) is 0 Å². The van der Waals surface area contributed by atoms with Gasteiger partial charge in [0, 0.05) is 16.1 Å². The fourth-order valence-corrected chi connectivity index (χ4v) is 3.86. The molecule has 116 valence electrons. The van der Waals surface area contributed by atoms with Crippen LogP contribution in [0.25, 0.3) is 0 Å². The standard InChI is InChI=1S/C17H19NO3S/c1-2-21-14-7-6-13(8-12(14)10-19)18-17(20)16-9-11-4-3-5-15(11)22-16/h6-9,19H,2-5,10H2,1H3,(H,18,20). The van der Waals surface area contributed by atoms with Gasteiger partial charge in [-0.25, -0.2) is 0 Å². The molecule has 0 unspecified atom stereocenters. The summed E-state index contributed by atoms with van der Waals surface area (Å²) in [5, 5.41) is 12.3. The van der Waals surface area contributed by atoms with Crippen molar-refractivity contribution in [3.63, 3.8) is 0 Å². The van der Waals surface area contributed by atoms with E-state index in [1.807, 2.05) is 13.0 Å². The number of carbonyl (C=O) groups excluding carboxylic acids is 1. The Morgan fingerprint density at radius 1 is 1.36 bits per heavy atom. The van der Waals surface area contributed by atoms with Crippen LogP contribution in [0.15, 0.2) is 24.3 Å².